The number of methoxy groups -OCH3 is 2. The summed E-state index contributed by atoms with van der Waals surface area (Å²) in [4.78, 5) is 37.2. The minimum Gasteiger partial charge on any atom is -0.455 e. The van der Waals surface area contributed by atoms with E-state index in [1.54, 1.807) is 27.2 Å². The molecule has 0 spiro atoms. The van der Waals surface area contributed by atoms with Gasteiger partial charge in [0.05, 0.1) is 36.4 Å². The standard InChI is InChI=1S/C30H48NO10P/c1-18-11-24-10-8-9-23(37-7)15-28(26-17-38-29(31-26)14-19(2)22(5)36-6)40-30(32)21(4)13-20(3)27(41-42(33,34)35)16-25(12-18)39-24/h14,17,20-25,27-28H,1,8-13,15-16H2,2-7H3,(H2,33,34,35)/b19-14-/t20-,21-,22+,23-,24+,25+,27-,28-/m0/s1. The lowest BCUT2D eigenvalue weighted by molar-refractivity contribution is -0.157. The van der Waals surface area contributed by atoms with Gasteiger partial charge in [0.15, 0.2) is 0 Å². The minimum absolute atomic E-state index is 0.0529. The Kier molecular flexibility index (Phi) is 13.0. The number of phosphoric ester groups is 1. The molecule has 2 aliphatic heterocycles. The van der Waals surface area contributed by atoms with E-state index in [4.69, 9.17) is 27.9 Å². The number of esters is 1. The maximum atomic E-state index is 13.4. The Balaban J connectivity index is 1.88. The molecule has 2 saturated heterocycles. The zero-order chi connectivity index (χ0) is 31.0. The fraction of sp³-hybridized carbons (Fsp3) is 0.733. The minimum atomic E-state index is -4.78. The summed E-state index contributed by atoms with van der Waals surface area (Å²) in [6.45, 7) is 11.6. The van der Waals surface area contributed by atoms with Gasteiger partial charge in [-0.2, -0.15) is 0 Å². The number of hydrogen-bond donors (Lipinski definition) is 2. The van der Waals surface area contributed by atoms with Crippen molar-refractivity contribution in [2.75, 3.05) is 14.2 Å². The molecule has 0 amide bonds. The number of rotatable bonds is 7. The molecular formula is C30H48NO10P. The summed E-state index contributed by atoms with van der Waals surface area (Å²) in [6, 6.07) is 0. The lowest BCUT2D eigenvalue weighted by Gasteiger charge is -2.36. The average molecular weight is 614 g/mol. The summed E-state index contributed by atoms with van der Waals surface area (Å²) in [5.74, 6) is -1.02. The van der Waals surface area contributed by atoms with Crippen molar-refractivity contribution in [3.8, 4) is 0 Å². The summed E-state index contributed by atoms with van der Waals surface area (Å²) in [6.07, 6.45) is 5.71. The number of cyclic esters (lactones) is 1. The van der Waals surface area contributed by atoms with Crippen LogP contribution in [-0.4, -0.2) is 65.5 Å². The largest absolute Gasteiger partial charge is 0.469 e. The van der Waals surface area contributed by atoms with Crippen molar-refractivity contribution in [2.24, 2.45) is 11.8 Å². The Bertz CT molecular complexity index is 1110. The molecule has 12 heteroatoms. The van der Waals surface area contributed by atoms with Crippen molar-refractivity contribution in [2.45, 2.75) is 116 Å². The third kappa shape index (κ3) is 10.7. The van der Waals surface area contributed by atoms with E-state index in [1.165, 1.54) is 6.26 Å². The topological polar surface area (TPSA) is 147 Å². The molecule has 0 aromatic carbocycles. The first-order valence-corrected chi connectivity index (χ1v) is 16.3. The lowest BCUT2D eigenvalue weighted by Crippen LogP contribution is -2.35. The van der Waals surface area contributed by atoms with Gasteiger partial charge in [0, 0.05) is 33.1 Å². The van der Waals surface area contributed by atoms with E-state index >= 15 is 0 Å². The number of fused-ring (bicyclic) bond motifs is 2. The molecule has 0 radical (unpaired) electrons. The van der Waals surface area contributed by atoms with Crippen LogP contribution in [0.25, 0.3) is 6.08 Å². The zero-order valence-corrected chi connectivity index (χ0v) is 26.6. The quantitative estimate of drug-likeness (QED) is 0.215. The van der Waals surface area contributed by atoms with E-state index in [1.807, 2.05) is 20.8 Å². The lowest BCUT2D eigenvalue weighted by atomic mass is 9.87. The van der Waals surface area contributed by atoms with Gasteiger partial charge in [0.2, 0.25) is 5.89 Å². The van der Waals surface area contributed by atoms with Gasteiger partial charge in [-0.1, -0.05) is 26.0 Å². The van der Waals surface area contributed by atoms with Crippen LogP contribution in [0.15, 0.2) is 28.4 Å². The average Bonchev–Trinajstić information content (AvgIpc) is 3.37. The summed E-state index contributed by atoms with van der Waals surface area (Å²) in [5, 5.41) is 0. The van der Waals surface area contributed by atoms with Crippen LogP contribution in [0.3, 0.4) is 0 Å². The van der Waals surface area contributed by atoms with E-state index in [-0.39, 0.29) is 36.8 Å². The van der Waals surface area contributed by atoms with Crippen LogP contribution in [0.1, 0.15) is 96.8 Å². The highest BCUT2D eigenvalue weighted by atomic mass is 31.2. The zero-order valence-electron chi connectivity index (χ0n) is 25.7. The van der Waals surface area contributed by atoms with Gasteiger partial charge in [-0.25, -0.2) is 9.55 Å². The molecule has 238 valence electrons. The normalized spacial score (nSPS) is 31.9. The molecule has 11 nitrogen and oxygen atoms in total. The second-order valence-corrected chi connectivity index (χ2v) is 13.0. The summed E-state index contributed by atoms with van der Waals surface area (Å²) >= 11 is 0. The molecule has 2 N–H and O–H groups in total. The van der Waals surface area contributed by atoms with Crippen LogP contribution in [0.5, 0.6) is 0 Å². The van der Waals surface area contributed by atoms with Crippen LogP contribution in [0, 0.1) is 11.8 Å². The Morgan fingerprint density at radius 1 is 1.17 bits per heavy atom. The van der Waals surface area contributed by atoms with Gasteiger partial charge in [0.1, 0.15) is 18.1 Å². The van der Waals surface area contributed by atoms with E-state index in [9.17, 15) is 19.1 Å². The molecule has 0 unspecified atom stereocenters. The van der Waals surface area contributed by atoms with Gasteiger partial charge in [0.25, 0.3) is 0 Å². The fourth-order valence-electron chi connectivity index (χ4n) is 5.67. The molecule has 0 saturated carbocycles. The number of oxazole rings is 1. The number of nitrogens with zero attached hydrogens (tertiary/aromatic N) is 1. The SMILES string of the molecule is C=C1C[C@H]2CCC[C@H](OC)C[C@@H](c3coc(/C=C(/C)[C@@H](C)OC)n3)OC(=O)[C@@H](C)C[C@H](C)[C@@H](OP(=O)(O)O)C[C@@H](C1)O2. The monoisotopic (exact) mass is 613 g/mol. The molecule has 8 atom stereocenters. The van der Waals surface area contributed by atoms with Crippen LogP contribution in [-0.2, 0) is 32.8 Å². The second-order valence-electron chi connectivity index (χ2n) is 11.8. The Morgan fingerprint density at radius 3 is 2.55 bits per heavy atom. The first-order valence-electron chi connectivity index (χ1n) is 14.7. The van der Waals surface area contributed by atoms with Gasteiger partial charge < -0.3 is 33.2 Å². The van der Waals surface area contributed by atoms with Gasteiger partial charge in [-0.05, 0) is 63.9 Å². The highest BCUT2D eigenvalue weighted by Crippen LogP contribution is 2.43. The van der Waals surface area contributed by atoms with Gasteiger partial charge in [-0.3, -0.25) is 9.32 Å². The van der Waals surface area contributed by atoms with Crippen molar-refractivity contribution in [3.05, 3.63) is 35.6 Å². The smallest absolute Gasteiger partial charge is 0.455 e. The number of carbonyl (C=O) groups is 1. The highest BCUT2D eigenvalue weighted by molar-refractivity contribution is 7.46. The van der Waals surface area contributed by atoms with Crippen molar-refractivity contribution >= 4 is 19.9 Å². The molecule has 0 aliphatic carbocycles. The number of hydrogen-bond acceptors (Lipinski definition) is 9. The highest BCUT2D eigenvalue weighted by Gasteiger charge is 2.36. The van der Waals surface area contributed by atoms with E-state index in [0.29, 0.717) is 37.3 Å². The predicted molar refractivity (Wildman–Crippen MR) is 156 cm³/mol. The van der Waals surface area contributed by atoms with E-state index in [2.05, 4.69) is 11.6 Å². The Morgan fingerprint density at radius 2 is 1.88 bits per heavy atom. The molecular weight excluding hydrogens is 565 g/mol. The van der Waals surface area contributed by atoms with E-state index < -0.39 is 31.9 Å². The molecule has 2 fully saturated rings. The number of carbonyl (C=O) groups excluding carboxylic acids is 1. The number of aromatic nitrogens is 1. The van der Waals surface area contributed by atoms with Crippen LogP contribution >= 0.6 is 7.82 Å². The summed E-state index contributed by atoms with van der Waals surface area (Å²) in [5.41, 5.74) is 2.46. The first-order chi connectivity index (χ1) is 19.8. The maximum absolute atomic E-state index is 13.4. The molecule has 2 aliphatic rings. The maximum Gasteiger partial charge on any atom is 0.469 e. The third-order valence-corrected chi connectivity index (χ3v) is 8.83. The molecule has 1 aromatic heterocycles. The van der Waals surface area contributed by atoms with Gasteiger partial charge >= 0.3 is 13.8 Å². The summed E-state index contributed by atoms with van der Waals surface area (Å²) < 4.78 is 46.3. The van der Waals surface area contributed by atoms with Crippen LogP contribution in [0.4, 0.5) is 0 Å². The first kappa shape index (κ1) is 34.6. The molecule has 3 rings (SSSR count). The number of phosphoric acid groups is 1. The molecule has 2 bridgehead atoms. The van der Waals surface area contributed by atoms with Crippen LogP contribution in [0.2, 0.25) is 0 Å². The van der Waals surface area contributed by atoms with Crippen molar-refractivity contribution in [1.29, 1.82) is 0 Å². The van der Waals surface area contributed by atoms with Crippen molar-refractivity contribution in [1.82, 2.24) is 4.98 Å². The summed E-state index contributed by atoms with van der Waals surface area (Å²) in [7, 11) is -1.50. The Labute approximate surface area is 249 Å². The molecule has 1 aromatic rings. The van der Waals surface area contributed by atoms with Gasteiger partial charge in [-0.15, -0.1) is 0 Å². The molecule has 42 heavy (non-hydrogen) atoms. The third-order valence-electron chi connectivity index (χ3n) is 8.28. The Hall–Kier alpha value is -1.85. The van der Waals surface area contributed by atoms with Crippen LogP contribution < -0.4 is 0 Å². The van der Waals surface area contributed by atoms with Crippen molar-refractivity contribution in [3.63, 3.8) is 0 Å². The number of ether oxygens (including phenoxy) is 4. The predicted octanol–water partition coefficient (Wildman–Crippen LogP) is 5.92. The van der Waals surface area contributed by atoms with E-state index in [0.717, 1.165) is 30.4 Å². The fourth-order valence-corrected chi connectivity index (χ4v) is 6.31. The molecule has 3 heterocycles. The van der Waals surface area contributed by atoms with Crippen molar-refractivity contribution < 1.29 is 47.0 Å². The second kappa shape index (κ2) is 15.7.